The van der Waals surface area contributed by atoms with Crippen LogP contribution in [0.15, 0.2) is 30.3 Å². The normalized spacial score (nSPS) is 13.9. The number of thiocarbonyl (C=S) groups is 1. The highest BCUT2D eigenvalue weighted by molar-refractivity contribution is 7.82. The van der Waals surface area contributed by atoms with Gasteiger partial charge in [0.25, 0.3) is 5.91 Å². The van der Waals surface area contributed by atoms with Crippen LogP contribution >= 0.6 is 12.2 Å². The quantitative estimate of drug-likeness (QED) is 0.618. The monoisotopic (exact) mass is 276 g/mol. The van der Waals surface area contributed by atoms with Crippen LogP contribution < -0.4 is 10.6 Å². The lowest BCUT2D eigenvalue weighted by atomic mass is 10.1. The third-order valence-electron chi connectivity index (χ3n) is 3.14. The van der Waals surface area contributed by atoms with Crippen molar-refractivity contribution in [1.29, 1.82) is 0 Å². The summed E-state index contributed by atoms with van der Waals surface area (Å²) in [5.41, 5.74) is 1.35. The third-order valence-corrected chi connectivity index (χ3v) is 3.44. The van der Waals surface area contributed by atoms with Crippen molar-refractivity contribution in [2.24, 2.45) is 0 Å². The molecule has 1 aromatic carbocycles. The molecular formula is C15H20N2OS. The van der Waals surface area contributed by atoms with Crippen LogP contribution in [0.1, 0.15) is 31.2 Å². The number of amides is 1. The first-order valence-corrected chi connectivity index (χ1v) is 7.29. The number of rotatable bonds is 6. The molecule has 0 bridgehead atoms. The Morgan fingerprint density at radius 3 is 2.63 bits per heavy atom. The number of carbonyl (C=O) groups excluding carboxylic acids is 1. The molecule has 1 amide bonds. The first-order chi connectivity index (χ1) is 9.25. The number of unbranched alkanes of at least 4 members (excludes halogenated alkanes) is 1. The lowest BCUT2D eigenvalue weighted by molar-refractivity contribution is -0.114. The van der Waals surface area contributed by atoms with E-state index < -0.39 is 0 Å². The second-order valence-corrected chi connectivity index (χ2v) is 5.35. The zero-order chi connectivity index (χ0) is 13.5. The SMILES string of the molecule is O=C(NCCCCc1ccccc1)C(=S)NC1CC1. The van der Waals surface area contributed by atoms with Crippen molar-refractivity contribution in [3.8, 4) is 0 Å². The van der Waals surface area contributed by atoms with Crippen molar-refractivity contribution in [2.75, 3.05) is 6.54 Å². The van der Waals surface area contributed by atoms with Crippen LogP contribution in [0, 0.1) is 0 Å². The van der Waals surface area contributed by atoms with Crippen molar-refractivity contribution in [1.82, 2.24) is 10.6 Å². The molecule has 4 heteroatoms. The van der Waals surface area contributed by atoms with E-state index in [0.717, 1.165) is 32.1 Å². The summed E-state index contributed by atoms with van der Waals surface area (Å²) in [6.07, 6.45) is 5.37. The fraction of sp³-hybridized carbons (Fsp3) is 0.467. The van der Waals surface area contributed by atoms with Crippen molar-refractivity contribution >= 4 is 23.1 Å². The standard InChI is InChI=1S/C15H20N2OS/c18-14(15(19)17-13-9-10-13)16-11-5-4-8-12-6-2-1-3-7-12/h1-3,6-7,13H,4-5,8-11H2,(H,16,18)(H,17,19). The minimum atomic E-state index is -0.137. The van der Waals surface area contributed by atoms with Gasteiger partial charge < -0.3 is 10.6 Å². The van der Waals surface area contributed by atoms with Gasteiger partial charge in [0.2, 0.25) is 0 Å². The second kappa shape index (κ2) is 7.24. The van der Waals surface area contributed by atoms with Crippen LogP contribution in [0.2, 0.25) is 0 Å². The van der Waals surface area contributed by atoms with Crippen molar-refractivity contribution < 1.29 is 4.79 Å². The Labute approximate surface area is 119 Å². The molecule has 0 aromatic heterocycles. The van der Waals surface area contributed by atoms with Gasteiger partial charge in [-0.15, -0.1) is 0 Å². The van der Waals surface area contributed by atoms with E-state index in [1.165, 1.54) is 5.56 Å². The summed E-state index contributed by atoms with van der Waals surface area (Å²) in [7, 11) is 0. The Hall–Kier alpha value is -1.42. The molecule has 0 heterocycles. The summed E-state index contributed by atoms with van der Waals surface area (Å²) < 4.78 is 0. The summed E-state index contributed by atoms with van der Waals surface area (Å²) in [5.74, 6) is -0.137. The molecule has 0 saturated heterocycles. The van der Waals surface area contributed by atoms with Crippen molar-refractivity contribution in [2.45, 2.75) is 38.1 Å². The number of aryl methyl sites for hydroxylation is 1. The first kappa shape index (κ1) is 14.0. The maximum Gasteiger partial charge on any atom is 0.278 e. The Morgan fingerprint density at radius 1 is 1.21 bits per heavy atom. The molecule has 2 rings (SSSR count). The molecule has 1 aromatic rings. The summed E-state index contributed by atoms with van der Waals surface area (Å²) in [6, 6.07) is 10.8. The highest BCUT2D eigenvalue weighted by atomic mass is 32.1. The molecule has 3 nitrogen and oxygen atoms in total. The summed E-state index contributed by atoms with van der Waals surface area (Å²) in [5, 5.41) is 5.90. The minimum absolute atomic E-state index is 0.137. The lowest BCUT2D eigenvalue weighted by Crippen LogP contribution is -2.39. The van der Waals surface area contributed by atoms with E-state index in [4.69, 9.17) is 12.2 Å². The average Bonchev–Trinajstić information content (AvgIpc) is 3.23. The molecule has 1 fully saturated rings. The number of benzene rings is 1. The lowest BCUT2D eigenvalue weighted by Gasteiger charge is -2.07. The number of hydrogen-bond acceptors (Lipinski definition) is 2. The van der Waals surface area contributed by atoms with E-state index in [1.54, 1.807) is 0 Å². The van der Waals surface area contributed by atoms with Gasteiger partial charge in [0, 0.05) is 12.6 Å². The van der Waals surface area contributed by atoms with Gasteiger partial charge in [-0.3, -0.25) is 4.79 Å². The summed E-state index contributed by atoms with van der Waals surface area (Å²) >= 11 is 5.02. The predicted molar refractivity (Wildman–Crippen MR) is 81.1 cm³/mol. The fourth-order valence-corrected chi connectivity index (χ4v) is 2.10. The molecule has 0 atom stereocenters. The van der Waals surface area contributed by atoms with Crippen LogP contribution in [0.25, 0.3) is 0 Å². The first-order valence-electron chi connectivity index (χ1n) is 6.88. The number of carbonyl (C=O) groups is 1. The molecule has 102 valence electrons. The van der Waals surface area contributed by atoms with E-state index in [2.05, 4.69) is 34.9 Å². The van der Waals surface area contributed by atoms with Crippen LogP contribution in [-0.4, -0.2) is 23.5 Å². The minimum Gasteiger partial charge on any atom is -0.369 e. The molecule has 0 unspecified atom stereocenters. The average molecular weight is 276 g/mol. The molecular weight excluding hydrogens is 256 g/mol. The molecule has 19 heavy (non-hydrogen) atoms. The van der Waals surface area contributed by atoms with Gasteiger partial charge >= 0.3 is 0 Å². The molecule has 1 aliphatic carbocycles. The fourth-order valence-electron chi connectivity index (χ4n) is 1.86. The van der Waals surface area contributed by atoms with Crippen LogP contribution in [0.4, 0.5) is 0 Å². The Balaban J connectivity index is 1.53. The van der Waals surface area contributed by atoms with Crippen LogP contribution in [0.5, 0.6) is 0 Å². The summed E-state index contributed by atoms with van der Waals surface area (Å²) in [6.45, 7) is 0.693. The van der Waals surface area contributed by atoms with Crippen molar-refractivity contribution in [3.05, 3.63) is 35.9 Å². The highest BCUT2D eigenvalue weighted by Crippen LogP contribution is 2.18. The Bertz CT molecular complexity index is 429. The maximum atomic E-state index is 11.6. The molecule has 2 N–H and O–H groups in total. The van der Waals surface area contributed by atoms with Gasteiger partial charge in [0.05, 0.1) is 0 Å². The van der Waals surface area contributed by atoms with Gasteiger partial charge in [0.15, 0.2) is 4.99 Å². The second-order valence-electron chi connectivity index (χ2n) is 4.95. The number of nitrogens with one attached hydrogen (secondary N) is 2. The highest BCUT2D eigenvalue weighted by Gasteiger charge is 2.23. The molecule has 0 aliphatic heterocycles. The van der Waals surface area contributed by atoms with Gasteiger partial charge in [-0.1, -0.05) is 42.5 Å². The van der Waals surface area contributed by atoms with E-state index in [-0.39, 0.29) is 5.91 Å². The van der Waals surface area contributed by atoms with Crippen molar-refractivity contribution in [3.63, 3.8) is 0 Å². The van der Waals surface area contributed by atoms with Crippen LogP contribution in [-0.2, 0) is 11.2 Å². The van der Waals surface area contributed by atoms with E-state index in [0.29, 0.717) is 17.6 Å². The van der Waals surface area contributed by atoms with E-state index in [1.807, 2.05) is 6.07 Å². The van der Waals surface area contributed by atoms with Gasteiger partial charge in [-0.05, 0) is 37.7 Å². The van der Waals surface area contributed by atoms with E-state index in [9.17, 15) is 4.79 Å². The maximum absolute atomic E-state index is 11.6. The number of hydrogen-bond donors (Lipinski definition) is 2. The largest absolute Gasteiger partial charge is 0.369 e. The van der Waals surface area contributed by atoms with Gasteiger partial charge in [-0.2, -0.15) is 0 Å². The zero-order valence-electron chi connectivity index (χ0n) is 11.0. The Kier molecular flexibility index (Phi) is 5.33. The van der Waals surface area contributed by atoms with Gasteiger partial charge in [-0.25, -0.2) is 0 Å². The van der Waals surface area contributed by atoms with E-state index >= 15 is 0 Å². The molecule has 0 radical (unpaired) electrons. The topological polar surface area (TPSA) is 41.1 Å². The molecule has 1 aliphatic rings. The smallest absolute Gasteiger partial charge is 0.278 e. The zero-order valence-corrected chi connectivity index (χ0v) is 11.8. The third kappa shape index (κ3) is 5.39. The Morgan fingerprint density at radius 2 is 1.95 bits per heavy atom. The molecule has 1 saturated carbocycles. The predicted octanol–water partition coefficient (Wildman–Crippen LogP) is 2.20. The van der Waals surface area contributed by atoms with Crippen LogP contribution in [0.3, 0.4) is 0 Å². The summed E-state index contributed by atoms with van der Waals surface area (Å²) in [4.78, 5) is 12.0. The molecule has 0 spiro atoms. The van der Waals surface area contributed by atoms with Gasteiger partial charge in [0.1, 0.15) is 0 Å².